The van der Waals surface area contributed by atoms with Gasteiger partial charge in [0.15, 0.2) is 11.6 Å². The molecule has 0 spiro atoms. The molecular formula is C10H7F5O2. The lowest BCUT2D eigenvalue weighted by atomic mass is 10.1. The van der Waals surface area contributed by atoms with E-state index in [-0.39, 0.29) is 18.7 Å². The van der Waals surface area contributed by atoms with E-state index in [4.69, 9.17) is 0 Å². The van der Waals surface area contributed by atoms with Crippen LogP contribution >= 0.6 is 0 Å². The smallest absolute Gasteiger partial charge is 0.417 e. The summed E-state index contributed by atoms with van der Waals surface area (Å²) in [5, 5.41) is 0. The van der Waals surface area contributed by atoms with Crippen molar-refractivity contribution in [2.75, 3.05) is 6.61 Å². The molecule has 0 amide bonds. The SMILES string of the molecule is CCOC(=O)c1cc(F)c(F)cc1C(F)(F)F. The molecule has 0 N–H and O–H groups in total. The van der Waals surface area contributed by atoms with E-state index in [0.717, 1.165) is 0 Å². The molecule has 1 rings (SSSR count). The van der Waals surface area contributed by atoms with Crippen molar-refractivity contribution in [3.8, 4) is 0 Å². The normalized spacial score (nSPS) is 11.4. The van der Waals surface area contributed by atoms with Gasteiger partial charge in [0.2, 0.25) is 0 Å². The molecule has 7 heteroatoms. The van der Waals surface area contributed by atoms with Gasteiger partial charge < -0.3 is 4.74 Å². The van der Waals surface area contributed by atoms with Gasteiger partial charge in [-0.3, -0.25) is 0 Å². The molecule has 0 unspecified atom stereocenters. The highest BCUT2D eigenvalue weighted by Gasteiger charge is 2.37. The van der Waals surface area contributed by atoms with Crippen LogP contribution in [-0.2, 0) is 10.9 Å². The van der Waals surface area contributed by atoms with E-state index < -0.39 is 34.9 Å². The maximum atomic E-state index is 12.8. The summed E-state index contributed by atoms with van der Waals surface area (Å²) in [6.07, 6.45) is -4.96. The summed E-state index contributed by atoms with van der Waals surface area (Å²) in [7, 11) is 0. The van der Waals surface area contributed by atoms with Crippen molar-refractivity contribution in [2.24, 2.45) is 0 Å². The number of carbonyl (C=O) groups excluding carboxylic acids is 1. The summed E-state index contributed by atoms with van der Waals surface area (Å²) in [5.41, 5.74) is -2.60. The molecule has 0 saturated heterocycles. The molecule has 0 aliphatic rings. The Labute approximate surface area is 93.0 Å². The fraction of sp³-hybridized carbons (Fsp3) is 0.300. The molecule has 17 heavy (non-hydrogen) atoms. The van der Waals surface area contributed by atoms with Gasteiger partial charge in [0.1, 0.15) is 0 Å². The molecule has 1 aromatic carbocycles. The Morgan fingerprint density at radius 1 is 1.24 bits per heavy atom. The second-order valence-corrected chi connectivity index (χ2v) is 3.03. The first-order valence-electron chi connectivity index (χ1n) is 4.50. The highest BCUT2D eigenvalue weighted by molar-refractivity contribution is 5.91. The van der Waals surface area contributed by atoms with Crippen LogP contribution in [0.1, 0.15) is 22.8 Å². The molecule has 0 heterocycles. The average Bonchev–Trinajstić information content (AvgIpc) is 2.20. The zero-order valence-electron chi connectivity index (χ0n) is 8.57. The van der Waals surface area contributed by atoms with E-state index in [1.165, 1.54) is 6.92 Å². The molecule has 0 bridgehead atoms. The van der Waals surface area contributed by atoms with Gasteiger partial charge in [0.05, 0.1) is 17.7 Å². The van der Waals surface area contributed by atoms with Crippen molar-refractivity contribution < 1.29 is 31.5 Å². The molecule has 0 radical (unpaired) electrons. The van der Waals surface area contributed by atoms with Crippen LogP contribution in [-0.4, -0.2) is 12.6 Å². The summed E-state index contributed by atoms with van der Waals surface area (Å²) < 4.78 is 67.2. The van der Waals surface area contributed by atoms with Crippen molar-refractivity contribution in [2.45, 2.75) is 13.1 Å². The minimum Gasteiger partial charge on any atom is -0.462 e. The maximum Gasteiger partial charge on any atom is 0.417 e. The van der Waals surface area contributed by atoms with Crippen LogP contribution < -0.4 is 0 Å². The number of alkyl halides is 3. The molecule has 2 nitrogen and oxygen atoms in total. The third-order valence-corrected chi connectivity index (χ3v) is 1.86. The quantitative estimate of drug-likeness (QED) is 0.598. The number of esters is 1. The van der Waals surface area contributed by atoms with Gasteiger partial charge >= 0.3 is 12.1 Å². The van der Waals surface area contributed by atoms with Gasteiger partial charge in [-0.1, -0.05) is 0 Å². The lowest BCUT2D eigenvalue weighted by molar-refractivity contribution is -0.138. The van der Waals surface area contributed by atoms with Gasteiger partial charge in [-0.25, -0.2) is 13.6 Å². The van der Waals surface area contributed by atoms with Crippen LogP contribution in [0.15, 0.2) is 12.1 Å². The first-order valence-corrected chi connectivity index (χ1v) is 4.50. The summed E-state index contributed by atoms with van der Waals surface area (Å²) >= 11 is 0. The lowest BCUT2D eigenvalue weighted by Gasteiger charge is -2.12. The number of benzene rings is 1. The molecule has 0 aliphatic heterocycles. The third kappa shape index (κ3) is 2.92. The Morgan fingerprint density at radius 3 is 2.24 bits per heavy atom. The van der Waals surface area contributed by atoms with Crippen LogP contribution in [0.25, 0.3) is 0 Å². The number of ether oxygens (including phenoxy) is 1. The van der Waals surface area contributed by atoms with Crippen LogP contribution in [0.4, 0.5) is 22.0 Å². The van der Waals surface area contributed by atoms with Crippen molar-refractivity contribution in [1.29, 1.82) is 0 Å². The second kappa shape index (κ2) is 4.68. The second-order valence-electron chi connectivity index (χ2n) is 3.03. The van der Waals surface area contributed by atoms with Crippen molar-refractivity contribution in [1.82, 2.24) is 0 Å². The van der Waals surface area contributed by atoms with Crippen LogP contribution in [0.2, 0.25) is 0 Å². The number of hydrogen-bond acceptors (Lipinski definition) is 2. The van der Waals surface area contributed by atoms with Gasteiger partial charge in [-0.2, -0.15) is 13.2 Å². The standard InChI is InChI=1S/C10H7F5O2/c1-2-17-9(16)5-3-7(11)8(12)4-6(5)10(13,14)15/h3-4H,2H2,1H3. The highest BCUT2D eigenvalue weighted by Crippen LogP contribution is 2.33. The van der Waals surface area contributed by atoms with Crippen LogP contribution in [0, 0.1) is 11.6 Å². The number of carbonyl (C=O) groups is 1. The predicted octanol–water partition coefficient (Wildman–Crippen LogP) is 3.16. The van der Waals surface area contributed by atoms with E-state index in [2.05, 4.69) is 4.74 Å². The first kappa shape index (κ1) is 13.4. The van der Waals surface area contributed by atoms with E-state index in [1.54, 1.807) is 0 Å². The van der Waals surface area contributed by atoms with E-state index in [1.807, 2.05) is 0 Å². The minimum absolute atomic E-state index is 0.0679. The summed E-state index contributed by atoms with van der Waals surface area (Å²) in [5.74, 6) is -4.56. The van der Waals surface area contributed by atoms with Crippen molar-refractivity contribution >= 4 is 5.97 Å². The van der Waals surface area contributed by atoms with E-state index in [9.17, 15) is 26.7 Å². The molecule has 0 aromatic heterocycles. The minimum atomic E-state index is -4.96. The molecule has 0 aliphatic carbocycles. The average molecular weight is 254 g/mol. The number of rotatable bonds is 2. The van der Waals surface area contributed by atoms with Gasteiger partial charge in [-0.05, 0) is 19.1 Å². The molecule has 1 aromatic rings. The summed E-state index contributed by atoms with van der Waals surface area (Å²) in [4.78, 5) is 11.2. The third-order valence-electron chi connectivity index (χ3n) is 1.86. The highest BCUT2D eigenvalue weighted by atomic mass is 19.4. The zero-order valence-corrected chi connectivity index (χ0v) is 8.57. The topological polar surface area (TPSA) is 26.3 Å². The summed E-state index contributed by atoms with van der Waals surface area (Å²) in [6, 6.07) is 0.109. The van der Waals surface area contributed by atoms with Crippen molar-refractivity contribution in [3.63, 3.8) is 0 Å². The Bertz CT molecular complexity index is 439. The van der Waals surface area contributed by atoms with Gasteiger partial charge in [-0.15, -0.1) is 0 Å². The Balaban J connectivity index is 3.36. The molecule has 0 saturated carbocycles. The fourth-order valence-corrected chi connectivity index (χ4v) is 1.16. The fourth-order valence-electron chi connectivity index (χ4n) is 1.16. The number of halogens is 5. The Hall–Kier alpha value is -1.66. The number of hydrogen-bond donors (Lipinski definition) is 0. The van der Waals surface area contributed by atoms with E-state index in [0.29, 0.717) is 0 Å². The molecule has 0 atom stereocenters. The molecular weight excluding hydrogens is 247 g/mol. The largest absolute Gasteiger partial charge is 0.462 e. The van der Waals surface area contributed by atoms with E-state index >= 15 is 0 Å². The van der Waals surface area contributed by atoms with Crippen LogP contribution in [0.3, 0.4) is 0 Å². The summed E-state index contributed by atoms with van der Waals surface area (Å²) in [6.45, 7) is 1.21. The zero-order chi connectivity index (χ0) is 13.2. The maximum absolute atomic E-state index is 12.8. The Morgan fingerprint density at radius 2 is 1.76 bits per heavy atom. The molecule has 94 valence electrons. The first-order chi connectivity index (χ1) is 7.77. The Kier molecular flexibility index (Phi) is 3.69. The predicted molar refractivity (Wildman–Crippen MR) is 47.3 cm³/mol. The van der Waals surface area contributed by atoms with Gasteiger partial charge in [0.25, 0.3) is 0 Å². The van der Waals surface area contributed by atoms with Gasteiger partial charge in [0, 0.05) is 0 Å². The molecule has 0 fully saturated rings. The lowest BCUT2D eigenvalue weighted by Crippen LogP contribution is -2.16. The monoisotopic (exact) mass is 254 g/mol. The van der Waals surface area contributed by atoms with Crippen LogP contribution in [0.5, 0.6) is 0 Å². The van der Waals surface area contributed by atoms with Crippen molar-refractivity contribution in [3.05, 3.63) is 34.9 Å².